The average molecular weight is 521 g/mol. The molecule has 0 heterocycles. The molecule has 0 unspecified atom stereocenters. The summed E-state index contributed by atoms with van der Waals surface area (Å²) < 4.78 is 84.4. The normalized spacial score (nSPS) is 11.8. The second-order valence-electron chi connectivity index (χ2n) is 7.59. The third-order valence-corrected chi connectivity index (χ3v) is 4.96. The van der Waals surface area contributed by atoms with E-state index in [1.54, 1.807) is 0 Å². The van der Waals surface area contributed by atoms with Gasteiger partial charge in [-0.3, -0.25) is 14.9 Å². The third-order valence-electron chi connectivity index (χ3n) is 4.96. The maximum atomic E-state index is 13.2. The highest BCUT2D eigenvalue weighted by Crippen LogP contribution is 2.35. The lowest BCUT2D eigenvalue weighted by Crippen LogP contribution is -2.06. The molecule has 0 bridgehead atoms. The second kappa shape index (κ2) is 11.1. The maximum absolute atomic E-state index is 13.2. The molecule has 0 fully saturated rings. The monoisotopic (exact) mass is 521 g/mol. The van der Waals surface area contributed by atoms with Gasteiger partial charge in [0.2, 0.25) is 0 Å². The number of esters is 1. The van der Waals surface area contributed by atoms with Crippen molar-refractivity contribution in [2.45, 2.75) is 18.8 Å². The predicted octanol–water partition coefficient (Wildman–Crippen LogP) is 7.62. The summed E-state index contributed by atoms with van der Waals surface area (Å²) in [6.07, 6.45) is -5.68. The number of ether oxygens (including phenoxy) is 1. The molecule has 0 amide bonds. The van der Waals surface area contributed by atoms with Crippen molar-refractivity contribution in [3.8, 4) is 5.75 Å². The lowest BCUT2D eigenvalue weighted by atomic mass is 9.94. The minimum atomic E-state index is -4.66. The molecule has 0 aliphatic carbocycles. The predicted molar refractivity (Wildman–Crippen MR) is 122 cm³/mol. The van der Waals surface area contributed by atoms with Crippen molar-refractivity contribution in [3.63, 3.8) is 0 Å². The first-order chi connectivity index (χ1) is 17.3. The van der Waals surface area contributed by atoms with Gasteiger partial charge in [-0.15, -0.1) is 0 Å². The van der Waals surface area contributed by atoms with Gasteiger partial charge in [0.15, 0.2) is 0 Å². The van der Waals surface area contributed by atoms with Crippen LogP contribution in [0.2, 0.25) is 0 Å². The molecular formula is C26H17F6NO4. The summed E-state index contributed by atoms with van der Waals surface area (Å²) in [5.74, 6) is -0.675. The number of carbonyl (C=O) groups excluding carboxylic acids is 1. The van der Waals surface area contributed by atoms with Crippen molar-refractivity contribution < 1.29 is 40.8 Å². The van der Waals surface area contributed by atoms with Crippen molar-refractivity contribution in [2.75, 3.05) is 0 Å². The summed E-state index contributed by atoms with van der Waals surface area (Å²) in [6, 6.07) is 13.1. The molecule has 11 heteroatoms. The number of nitrogens with zero attached hydrogens (tertiary/aromatic N) is 1. The van der Waals surface area contributed by atoms with Gasteiger partial charge >= 0.3 is 18.3 Å². The number of non-ortho nitro benzene ring substituents is 1. The molecule has 0 N–H and O–H groups in total. The molecule has 37 heavy (non-hydrogen) atoms. The molecule has 0 aliphatic heterocycles. The fourth-order valence-corrected chi connectivity index (χ4v) is 3.22. The number of carbonyl (C=O) groups is 1. The van der Waals surface area contributed by atoms with Crippen LogP contribution in [0.5, 0.6) is 5.75 Å². The summed E-state index contributed by atoms with van der Waals surface area (Å²) in [4.78, 5) is 22.1. The summed E-state index contributed by atoms with van der Waals surface area (Å²) in [7, 11) is 0. The average Bonchev–Trinajstić information content (AvgIpc) is 2.83. The van der Waals surface area contributed by atoms with Gasteiger partial charge in [-0.05, 0) is 53.1 Å². The summed E-state index contributed by atoms with van der Waals surface area (Å²) in [6.45, 7) is 0. The Bertz CT molecular complexity index is 1280. The molecule has 0 saturated heterocycles. The van der Waals surface area contributed by atoms with Crippen LogP contribution in [0.4, 0.5) is 32.0 Å². The van der Waals surface area contributed by atoms with E-state index in [-0.39, 0.29) is 34.6 Å². The minimum Gasteiger partial charge on any atom is -0.426 e. The summed E-state index contributed by atoms with van der Waals surface area (Å²) >= 11 is 0. The fraction of sp³-hybridized carbons (Fsp3) is 0.115. The fourth-order valence-electron chi connectivity index (χ4n) is 3.22. The van der Waals surface area contributed by atoms with Crippen molar-refractivity contribution in [1.82, 2.24) is 0 Å². The second-order valence-corrected chi connectivity index (χ2v) is 7.59. The van der Waals surface area contributed by atoms with Crippen LogP contribution in [0.1, 0.15) is 28.7 Å². The van der Waals surface area contributed by atoms with Gasteiger partial charge in [-0.2, -0.15) is 26.3 Å². The molecule has 0 radical (unpaired) electrons. The molecule has 0 saturated carbocycles. The van der Waals surface area contributed by atoms with Gasteiger partial charge in [0.05, 0.1) is 22.5 Å². The molecule has 0 spiro atoms. The van der Waals surface area contributed by atoms with Gasteiger partial charge in [0.25, 0.3) is 5.69 Å². The highest BCUT2D eigenvalue weighted by atomic mass is 19.4. The van der Waals surface area contributed by atoms with E-state index in [0.29, 0.717) is 0 Å². The van der Waals surface area contributed by atoms with Gasteiger partial charge in [0, 0.05) is 12.1 Å². The number of halogens is 6. The first-order valence-electron chi connectivity index (χ1n) is 10.5. The first-order valence-corrected chi connectivity index (χ1v) is 10.5. The quantitative estimate of drug-likeness (QED) is 0.0801. The number of hydrogen-bond acceptors (Lipinski definition) is 4. The Morgan fingerprint density at radius 2 is 1.35 bits per heavy atom. The van der Waals surface area contributed by atoms with Gasteiger partial charge in [-0.1, -0.05) is 42.5 Å². The number of hydrogen-bond donors (Lipinski definition) is 0. The highest BCUT2D eigenvalue weighted by molar-refractivity contribution is 5.81. The van der Waals surface area contributed by atoms with Gasteiger partial charge in [-0.25, -0.2) is 0 Å². The zero-order valence-electron chi connectivity index (χ0n) is 18.7. The number of benzene rings is 3. The van der Waals surface area contributed by atoms with Crippen LogP contribution in [-0.2, 0) is 17.1 Å². The molecule has 5 nitrogen and oxygen atoms in total. The van der Waals surface area contributed by atoms with Crippen molar-refractivity contribution >= 4 is 17.2 Å². The lowest BCUT2D eigenvalue weighted by molar-refractivity contribution is -0.384. The molecular weight excluding hydrogens is 504 g/mol. The van der Waals surface area contributed by atoms with Crippen molar-refractivity contribution in [2.24, 2.45) is 0 Å². The van der Waals surface area contributed by atoms with E-state index in [4.69, 9.17) is 4.74 Å². The summed E-state index contributed by atoms with van der Waals surface area (Å²) in [5.41, 5.74) is -2.03. The minimum absolute atomic E-state index is 0.0206. The number of rotatable bonds is 7. The first kappa shape index (κ1) is 27.2. The molecule has 0 aromatic heterocycles. The lowest BCUT2D eigenvalue weighted by Gasteiger charge is -2.14. The van der Waals surface area contributed by atoms with Gasteiger partial charge in [0.1, 0.15) is 5.75 Å². The van der Waals surface area contributed by atoms with Crippen LogP contribution in [0, 0.1) is 10.1 Å². The number of nitro benzene ring substituents is 1. The number of alkyl halides is 6. The molecule has 3 rings (SSSR count). The zero-order valence-corrected chi connectivity index (χ0v) is 18.7. The molecule has 3 aromatic rings. The van der Waals surface area contributed by atoms with Gasteiger partial charge < -0.3 is 4.74 Å². The Balaban J connectivity index is 1.86. The Kier molecular flexibility index (Phi) is 8.16. The Morgan fingerprint density at radius 1 is 0.838 bits per heavy atom. The van der Waals surface area contributed by atoms with Crippen molar-refractivity contribution in [1.29, 1.82) is 0 Å². The van der Waals surface area contributed by atoms with Crippen LogP contribution >= 0.6 is 0 Å². The van der Waals surface area contributed by atoms with E-state index in [9.17, 15) is 41.3 Å². The smallest absolute Gasteiger partial charge is 0.416 e. The largest absolute Gasteiger partial charge is 0.426 e. The maximum Gasteiger partial charge on any atom is 0.416 e. The Labute approximate surface area is 206 Å². The topological polar surface area (TPSA) is 69.4 Å². The molecule has 3 aromatic carbocycles. The van der Waals surface area contributed by atoms with E-state index in [1.807, 2.05) is 0 Å². The van der Waals surface area contributed by atoms with Crippen LogP contribution in [0.25, 0.3) is 5.57 Å². The SMILES string of the molecule is O=C(C/C=C/C=C(c1cccc(C(F)(F)F)c1)c1cccc(C(F)(F)F)c1)Oc1ccc([N+](=O)[O-])cc1. The third kappa shape index (κ3) is 7.53. The molecule has 0 atom stereocenters. The molecule has 0 aliphatic rings. The van der Waals surface area contributed by atoms with E-state index in [1.165, 1.54) is 42.5 Å². The standard InChI is InChI=1S/C26H17F6NO4/c27-25(28,29)19-7-3-5-17(15-19)23(18-6-4-8-20(16-18)26(30,31)32)9-1-2-10-24(34)37-22-13-11-21(12-14-22)33(35)36/h1-9,11-16H,10H2/b2-1+. The summed E-state index contributed by atoms with van der Waals surface area (Å²) in [5, 5.41) is 10.7. The van der Waals surface area contributed by atoms with E-state index < -0.39 is 34.4 Å². The van der Waals surface area contributed by atoms with E-state index in [0.717, 1.165) is 48.5 Å². The van der Waals surface area contributed by atoms with E-state index in [2.05, 4.69) is 0 Å². The number of nitro groups is 1. The van der Waals surface area contributed by atoms with Crippen LogP contribution < -0.4 is 4.74 Å². The van der Waals surface area contributed by atoms with Crippen LogP contribution in [-0.4, -0.2) is 10.9 Å². The zero-order chi connectivity index (χ0) is 27.2. The Hall–Kier alpha value is -4.41. The molecule has 192 valence electrons. The highest BCUT2D eigenvalue weighted by Gasteiger charge is 2.32. The number of allylic oxidation sites excluding steroid dienone is 2. The van der Waals surface area contributed by atoms with Crippen LogP contribution in [0.3, 0.4) is 0 Å². The van der Waals surface area contributed by atoms with Crippen LogP contribution in [0.15, 0.2) is 91.0 Å². The van der Waals surface area contributed by atoms with Crippen molar-refractivity contribution in [3.05, 3.63) is 123 Å². The van der Waals surface area contributed by atoms with E-state index >= 15 is 0 Å². The Morgan fingerprint density at radius 3 is 1.81 bits per heavy atom.